The van der Waals surface area contributed by atoms with E-state index in [4.69, 9.17) is 5.11 Å². The van der Waals surface area contributed by atoms with Gasteiger partial charge in [-0.25, -0.2) is 14.5 Å². The highest BCUT2D eigenvalue weighted by Crippen LogP contribution is 2.28. The minimum atomic E-state index is -1.39. The van der Waals surface area contributed by atoms with Gasteiger partial charge in [-0.2, -0.15) is 0 Å². The van der Waals surface area contributed by atoms with Crippen LogP contribution >= 0.6 is 0 Å². The van der Waals surface area contributed by atoms with Gasteiger partial charge in [-0.15, -0.1) is 0 Å². The Hall–Kier alpha value is -1.59. The molecule has 1 rings (SSSR count). The van der Waals surface area contributed by atoms with Crippen LogP contribution in [0.25, 0.3) is 0 Å². The van der Waals surface area contributed by atoms with Gasteiger partial charge in [0.15, 0.2) is 0 Å². The third kappa shape index (κ3) is 1.14. The zero-order chi connectivity index (χ0) is 10.9. The second-order valence-electron chi connectivity index (χ2n) is 3.12. The van der Waals surface area contributed by atoms with Gasteiger partial charge in [0.25, 0.3) is 5.91 Å². The highest BCUT2D eigenvalue weighted by molar-refractivity contribution is 6.12. The summed E-state index contributed by atoms with van der Waals surface area (Å²) in [7, 11) is 0. The van der Waals surface area contributed by atoms with Crippen molar-refractivity contribution in [2.45, 2.75) is 32.2 Å². The molecule has 1 heterocycles. The molecule has 1 aliphatic heterocycles. The smallest absolute Gasteiger partial charge is 0.416 e. The predicted molar refractivity (Wildman–Crippen MR) is 46.7 cm³/mol. The first-order valence-electron chi connectivity index (χ1n) is 4.38. The van der Waals surface area contributed by atoms with E-state index < -0.39 is 23.6 Å². The molecule has 14 heavy (non-hydrogen) atoms. The maximum Gasteiger partial charge on any atom is 0.416 e. The van der Waals surface area contributed by atoms with Gasteiger partial charge in [-0.1, -0.05) is 13.8 Å². The van der Waals surface area contributed by atoms with E-state index >= 15 is 0 Å². The third-order valence-corrected chi connectivity index (χ3v) is 2.64. The van der Waals surface area contributed by atoms with E-state index in [-0.39, 0.29) is 12.8 Å². The second-order valence-corrected chi connectivity index (χ2v) is 3.12. The minimum absolute atomic E-state index is 0.285. The van der Waals surface area contributed by atoms with E-state index in [0.717, 1.165) is 0 Å². The fourth-order valence-corrected chi connectivity index (χ4v) is 1.72. The molecule has 0 aliphatic carbocycles. The van der Waals surface area contributed by atoms with E-state index in [1.807, 2.05) is 5.32 Å². The zero-order valence-corrected chi connectivity index (χ0v) is 8.03. The SMILES string of the molecule is CCC1(CC)C(=O)NC(=O)N1C(=O)O. The summed E-state index contributed by atoms with van der Waals surface area (Å²) in [5.41, 5.74) is -1.22. The Morgan fingerprint density at radius 2 is 1.93 bits per heavy atom. The summed E-state index contributed by atoms with van der Waals surface area (Å²) in [5, 5.41) is 10.8. The van der Waals surface area contributed by atoms with Gasteiger partial charge in [-0.05, 0) is 12.8 Å². The van der Waals surface area contributed by atoms with Crippen molar-refractivity contribution in [3.8, 4) is 0 Å². The van der Waals surface area contributed by atoms with Crippen molar-refractivity contribution in [2.24, 2.45) is 0 Å². The number of carbonyl (C=O) groups is 3. The van der Waals surface area contributed by atoms with Crippen LogP contribution in [0, 0.1) is 0 Å². The van der Waals surface area contributed by atoms with E-state index in [9.17, 15) is 14.4 Å². The molecule has 6 heteroatoms. The number of rotatable bonds is 2. The summed E-state index contributed by atoms with van der Waals surface area (Å²) in [6.45, 7) is 3.36. The molecule has 78 valence electrons. The highest BCUT2D eigenvalue weighted by Gasteiger charge is 2.53. The number of nitrogens with zero attached hydrogens (tertiary/aromatic N) is 1. The minimum Gasteiger partial charge on any atom is -0.465 e. The quantitative estimate of drug-likeness (QED) is 0.644. The van der Waals surface area contributed by atoms with Crippen LogP contribution in [0.1, 0.15) is 26.7 Å². The first kappa shape index (κ1) is 10.5. The lowest BCUT2D eigenvalue weighted by molar-refractivity contribution is -0.126. The lowest BCUT2D eigenvalue weighted by Crippen LogP contribution is -2.51. The van der Waals surface area contributed by atoms with Gasteiger partial charge >= 0.3 is 12.1 Å². The van der Waals surface area contributed by atoms with Crippen LogP contribution < -0.4 is 5.32 Å². The molecule has 2 N–H and O–H groups in total. The largest absolute Gasteiger partial charge is 0.465 e. The molecule has 1 fully saturated rings. The number of carboxylic acid groups (broad SMARTS) is 1. The van der Waals surface area contributed by atoms with Crippen LogP contribution in [0.15, 0.2) is 0 Å². The van der Waals surface area contributed by atoms with E-state index in [0.29, 0.717) is 4.90 Å². The number of amides is 4. The van der Waals surface area contributed by atoms with Crippen LogP contribution in [0.5, 0.6) is 0 Å². The van der Waals surface area contributed by atoms with Gasteiger partial charge in [0.2, 0.25) is 0 Å². The lowest BCUT2D eigenvalue weighted by atomic mass is 9.92. The average Bonchev–Trinajstić information content (AvgIpc) is 2.37. The van der Waals surface area contributed by atoms with Gasteiger partial charge in [0.1, 0.15) is 5.54 Å². The Balaban J connectivity index is 3.17. The molecule has 0 bridgehead atoms. The normalized spacial score (nSPS) is 19.7. The Bertz CT molecular complexity index is 296. The van der Waals surface area contributed by atoms with Crippen LogP contribution in [0.2, 0.25) is 0 Å². The maximum atomic E-state index is 11.4. The van der Waals surface area contributed by atoms with Crippen molar-refractivity contribution in [1.29, 1.82) is 0 Å². The first-order chi connectivity index (χ1) is 6.49. The number of carbonyl (C=O) groups excluding carboxylic acids is 2. The van der Waals surface area contributed by atoms with Gasteiger partial charge in [0.05, 0.1) is 0 Å². The van der Waals surface area contributed by atoms with Crippen molar-refractivity contribution in [1.82, 2.24) is 10.2 Å². The lowest BCUT2D eigenvalue weighted by Gasteiger charge is -2.29. The molecule has 0 aromatic rings. The van der Waals surface area contributed by atoms with E-state index in [1.54, 1.807) is 13.8 Å². The van der Waals surface area contributed by atoms with Crippen LogP contribution in [0.3, 0.4) is 0 Å². The second kappa shape index (κ2) is 3.28. The van der Waals surface area contributed by atoms with Crippen molar-refractivity contribution >= 4 is 18.0 Å². The fraction of sp³-hybridized carbons (Fsp3) is 0.625. The molecule has 0 aromatic carbocycles. The molecule has 0 atom stereocenters. The molecule has 4 amide bonds. The molecule has 0 aromatic heterocycles. The summed E-state index contributed by atoms with van der Waals surface area (Å²) in [6, 6.07) is -0.855. The molecule has 0 radical (unpaired) electrons. The van der Waals surface area contributed by atoms with E-state index in [2.05, 4.69) is 0 Å². The number of nitrogens with one attached hydrogen (secondary N) is 1. The molecule has 0 spiro atoms. The molecule has 1 saturated heterocycles. The van der Waals surface area contributed by atoms with Crippen molar-refractivity contribution in [3.63, 3.8) is 0 Å². The first-order valence-corrected chi connectivity index (χ1v) is 4.38. The Morgan fingerprint density at radius 1 is 1.43 bits per heavy atom. The highest BCUT2D eigenvalue weighted by atomic mass is 16.4. The third-order valence-electron chi connectivity index (χ3n) is 2.64. The van der Waals surface area contributed by atoms with Gasteiger partial charge in [0, 0.05) is 0 Å². The number of hydrogen-bond acceptors (Lipinski definition) is 3. The number of urea groups is 1. The van der Waals surface area contributed by atoms with Crippen molar-refractivity contribution in [2.75, 3.05) is 0 Å². The molecule has 0 unspecified atom stereocenters. The van der Waals surface area contributed by atoms with Gasteiger partial charge in [-0.3, -0.25) is 10.1 Å². The van der Waals surface area contributed by atoms with Crippen LogP contribution in [0.4, 0.5) is 9.59 Å². The van der Waals surface area contributed by atoms with Crippen LogP contribution in [-0.2, 0) is 4.79 Å². The molecule has 6 nitrogen and oxygen atoms in total. The number of hydrogen-bond donors (Lipinski definition) is 2. The topological polar surface area (TPSA) is 86.7 Å². The summed E-state index contributed by atoms with van der Waals surface area (Å²) in [6.07, 6.45) is -0.821. The zero-order valence-electron chi connectivity index (χ0n) is 8.03. The number of imide groups is 2. The average molecular weight is 200 g/mol. The predicted octanol–water partition coefficient (Wildman–Crippen LogP) is 0.775. The Morgan fingerprint density at radius 3 is 2.21 bits per heavy atom. The summed E-state index contributed by atoms with van der Waals surface area (Å²) < 4.78 is 0. The Kier molecular flexibility index (Phi) is 2.46. The maximum absolute atomic E-state index is 11.4. The molecular weight excluding hydrogens is 188 g/mol. The fourth-order valence-electron chi connectivity index (χ4n) is 1.72. The van der Waals surface area contributed by atoms with Crippen molar-refractivity contribution < 1.29 is 19.5 Å². The van der Waals surface area contributed by atoms with Crippen LogP contribution in [-0.4, -0.2) is 33.6 Å². The molecule has 1 aliphatic rings. The molecular formula is C8H12N2O4. The summed E-state index contributed by atoms with van der Waals surface area (Å²) in [5.74, 6) is -0.532. The van der Waals surface area contributed by atoms with Gasteiger partial charge < -0.3 is 5.11 Å². The molecule has 0 saturated carbocycles. The summed E-state index contributed by atoms with van der Waals surface area (Å²) >= 11 is 0. The van der Waals surface area contributed by atoms with Crippen molar-refractivity contribution in [3.05, 3.63) is 0 Å². The summed E-state index contributed by atoms with van der Waals surface area (Å²) in [4.78, 5) is 34.0. The Labute approximate surface area is 80.9 Å². The standard InChI is InChI=1S/C8H12N2O4/c1-3-8(4-2)5(11)9-6(12)10(8)7(13)14/h3-4H2,1-2H3,(H,13,14)(H,9,11,12). The monoisotopic (exact) mass is 200 g/mol. The van der Waals surface area contributed by atoms with E-state index in [1.165, 1.54) is 0 Å².